The smallest absolute Gasteiger partial charge is 0.300 e. The second kappa shape index (κ2) is 8.49. The van der Waals surface area contributed by atoms with Gasteiger partial charge >= 0.3 is 0 Å². The van der Waals surface area contributed by atoms with Crippen LogP contribution in [0.3, 0.4) is 0 Å². The van der Waals surface area contributed by atoms with Crippen LogP contribution in [0.4, 0.5) is 5.69 Å². The number of pyridine rings is 1. The molecule has 5 nitrogen and oxygen atoms in total. The van der Waals surface area contributed by atoms with Gasteiger partial charge in [0.2, 0.25) is 0 Å². The molecule has 0 spiro atoms. The van der Waals surface area contributed by atoms with Crippen molar-refractivity contribution in [2.75, 3.05) is 4.90 Å². The first-order valence-electron chi connectivity index (χ1n) is 10.7. The minimum absolute atomic E-state index is 0.0390. The molecule has 0 radical (unpaired) electrons. The predicted octanol–water partition coefficient (Wildman–Crippen LogP) is 5.97. The van der Waals surface area contributed by atoms with Crippen LogP contribution in [0.25, 0.3) is 5.76 Å². The zero-order valence-corrected chi connectivity index (χ0v) is 19.7. The number of halogens is 1. The molecule has 33 heavy (non-hydrogen) atoms. The Hall–Kier alpha value is -3.44. The lowest BCUT2D eigenvalue weighted by molar-refractivity contribution is -0.132. The summed E-state index contributed by atoms with van der Waals surface area (Å²) < 4.78 is 0. The summed E-state index contributed by atoms with van der Waals surface area (Å²) in [7, 11) is 0. The molecule has 1 fully saturated rings. The van der Waals surface area contributed by atoms with Gasteiger partial charge in [-0.1, -0.05) is 50.6 Å². The number of amides is 1. The van der Waals surface area contributed by atoms with Gasteiger partial charge < -0.3 is 5.11 Å². The largest absolute Gasteiger partial charge is 0.507 e. The van der Waals surface area contributed by atoms with Crippen LogP contribution in [0.5, 0.6) is 0 Å². The molecule has 0 saturated carbocycles. The van der Waals surface area contributed by atoms with Crippen molar-refractivity contribution in [1.82, 2.24) is 4.98 Å². The maximum atomic E-state index is 13.3. The minimum atomic E-state index is -0.822. The summed E-state index contributed by atoms with van der Waals surface area (Å²) in [5.41, 5.74) is 3.37. The van der Waals surface area contributed by atoms with Gasteiger partial charge in [-0.05, 0) is 65.4 Å². The van der Waals surface area contributed by atoms with Gasteiger partial charge in [-0.3, -0.25) is 19.5 Å². The van der Waals surface area contributed by atoms with E-state index in [2.05, 4.69) is 25.8 Å². The van der Waals surface area contributed by atoms with Crippen molar-refractivity contribution >= 4 is 34.7 Å². The monoisotopic (exact) mass is 460 g/mol. The highest BCUT2D eigenvalue weighted by atomic mass is 35.5. The number of hydrogen-bond acceptors (Lipinski definition) is 4. The van der Waals surface area contributed by atoms with Crippen LogP contribution in [0, 0.1) is 6.92 Å². The van der Waals surface area contributed by atoms with E-state index in [1.807, 2.05) is 25.1 Å². The summed E-state index contributed by atoms with van der Waals surface area (Å²) >= 11 is 6.04. The molecule has 168 valence electrons. The maximum Gasteiger partial charge on any atom is 0.300 e. The van der Waals surface area contributed by atoms with Gasteiger partial charge in [0.15, 0.2) is 0 Å². The molecule has 1 unspecified atom stereocenters. The number of carbonyl (C=O) groups excluding carboxylic acids is 2. The molecule has 1 N–H and O–H groups in total. The van der Waals surface area contributed by atoms with Gasteiger partial charge in [-0.15, -0.1) is 0 Å². The topological polar surface area (TPSA) is 70.5 Å². The number of aromatic nitrogens is 1. The fourth-order valence-electron chi connectivity index (χ4n) is 4.04. The highest BCUT2D eigenvalue weighted by molar-refractivity contribution is 6.51. The zero-order valence-electron chi connectivity index (χ0n) is 19.0. The SMILES string of the molecule is Cc1ccc(C(C)(C)C)cc1/C(O)=C1\C(=O)C(=O)N(c2ccc(Cl)cc2)C1c1cccnc1. The van der Waals surface area contributed by atoms with Crippen LogP contribution in [0.15, 0.2) is 72.6 Å². The number of Topliss-reactive ketones (excluding diaryl/α,β-unsaturated/α-hetero) is 1. The molecule has 4 rings (SSSR count). The van der Waals surface area contributed by atoms with Crippen LogP contribution in [-0.2, 0) is 15.0 Å². The van der Waals surface area contributed by atoms with E-state index in [0.29, 0.717) is 21.8 Å². The molecule has 2 aromatic carbocycles. The van der Waals surface area contributed by atoms with E-state index in [4.69, 9.17) is 11.6 Å². The molecular weight excluding hydrogens is 436 g/mol. The standard InChI is InChI=1S/C27H25ClN2O3/c1-16-7-8-18(27(2,3)4)14-21(16)24(31)22-23(17-6-5-13-29-15-17)30(26(33)25(22)32)20-11-9-19(28)10-12-20/h5-15,23,31H,1-4H3/b24-22+. The molecule has 0 bridgehead atoms. The second-order valence-electron chi connectivity index (χ2n) is 9.21. The summed E-state index contributed by atoms with van der Waals surface area (Å²) in [6.07, 6.45) is 3.22. The Morgan fingerprint density at radius 3 is 2.36 bits per heavy atom. The van der Waals surface area contributed by atoms with Crippen molar-refractivity contribution < 1.29 is 14.7 Å². The van der Waals surface area contributed by atoms with E-state index < -0.39 is 17.7 Å². The van der Waals surface area contributed by atoms with Gasteiger partial charge in [0.25, 0.3) is 11.7 Å². The predicted molar refractivity (Wildman–Crippen MR) is 130 cm³/mol. The molecule has 1 aliphatic rings. The van der Waals surface area contributed by atoms with Crippen LogP contribution >= 0.6 is 11.6 Å². The van der Waals surface area contributed by atoms with Gasteiger partial charge in [0, 0.05) is 28.7 Å². The van der Waals surface area contributed by atoms with Gasteiger partial charge in [-0.25, -0.2) is 0 Å². The van der Waals surface area contributed by atoms with Crippen molar-refractivity contribution in [1.29, 1.82) is 0 Å². The Morgan fingerprint density at radius 1 is 1.06 bits per heavy atom. The maximum absolute atomic E-state index is 13.3. The quantitative estimate of drug-likeness (QED) is 0.297. The number of rotatable bonds is 3. The lowest BCUT2D eigenvalue weighted by Gasteiger charge is -2.25. The van der Waals surface area contributed by atoms with E-state index in [-0.39, 0.29) is 16.7 Å². The van der Waals surface area contributed by atoms with Gasteiger partial charge in [0.1, 0.15) is 5.76 Å². The molecular formula is C27H25ClN2O3. The molecule has 1 atom stereocenters. The Morgan fingerprint density at radius 2 is 1.76 bits per heavy atom. The van der Waals surface area contributed by atoms with E-state index in [0.717, 1.165) is 11.1 Å². The first-order chi connectivity index (χ1) is 15.6. The highest BCUT2D eigenvalue weighted by Crippen LogP contribution is 2.42. The van der Waals surface area contributed by atoms with E-state index >= 15 is 0 Å². The van der Waals surface area contributed by atoms with Crippen LogP contribution in [0.1, 0.15) is 49.1 Å². The molecule has 2 heterocycles. The molecule has 6 heteroatoms. The summed E-state index contributed by atoms with van der Waals surface area (Å²) in [5, 5.41) is 12.0. The van der Waals surface area contributed by atoms with Crippen molar-refractivity contribution in [3.05, 3.63) is 99.8 Å². The number of aliphatic hydroxyl groups is 1. The first kappa shape index (κ1) is 22.7. The summed E-state index contributed by atoms with van der Waals surface area (Å²) in [6.45, 7) is 8.11. The number of carbonyl (C=O) groups is 2. The van der Waals surface area contributed by atoms with E-state index in [1.54, 1.807) is 48.8 Å². The second-order valence-corrected chi connectivity index (χ2v) is 9.65. The average Bonchev–Trinajstić information content (AvgIpc) is 3.05. The number of ketones is 1. The third-order valence-electron chi connectivity index (χ3n) is 5.91. The fourth-order valence-corrected chi connectivity index (χ4v) is 4.17. The number of aliphatic hydroxyl groups excluding tert-OH is 1. The van der Waals surface area contributed by atoms with Crippen LogP contribution < -0.4 is 4.90 Å². The molecule has 1 amide bonds. The minimum Gasteiger partial charge on any atom is -0.507 e. The van der Waals surface area contributed by atoms with Crippen molar-refractivity contribution in [2.24, 2.45) is 0 Å². The third kappa shape index (κ3) is 4.16. The van der Waals surface area contributed by atoms with Crippen molar-refractivity contribution in [3.8, 4) is 0 Å². The Labute approximate surface area is 198 Å². The lowest BCUT2D eigenvalue weighted by atomic mass is 9.84. The summed E-state index contributed by atoms with van der Waals surface area (Å²) in [4.78, 5) is 32.1. The number of anilines is 1. The lowest BCUT2D eigenvalue weighted by Crippen LogP contribution is -2.29. The normalized spacial score (nSPS) is 18.1. The Balaban J connectivity index is 1.96. The number of nitrogens with zero attached hydrogens (tertiary/aromatic N) is 2. The fraction of sp³-hybridized carbons (Fsp3) is 0.222. The van der Waals surface area contributed by atoms with Gasteiger partial charge in [-0.2, -0.15) is 0 Å². The van der Waals surface area contributed by atoms with E-state index in [9.17, 15) is 14.7 Å². The van der Waals surface area contributed by atoms with Crippen molar-refractivity contribution in [2.45, 2.75) is 39.2 Å². The Kier molecular flexibility index (Phi) is 5.85. The van der Waals surface area contributed by atoms with Gasteiger partial charge in [0.05, 0.1) is 11.6 Å². The zero-order chi connectivity index (χ0) is 23.9. The number of hydrogen-bond donors (Lipinski definition) is 1. The molecule has 1 saturated heterocycles. The molecule has 1 aliphatic heterocycles. The average molecular weight is 461 g/mol. The molecule has 3 aromatic rings. The van der Waals surface area contributed by atoms with Crippen LogP contribution in [-0.4, -0.2) is 21.8 Å². The molecule has 1 aromatic heterocycles. The summed E-state index contributed by atoms with van der Waals surface area (Å²) in [5.74, 6) is -1.64. The highest BCUT2D eigenvalue weighted by Gasteiger charge is 2.47. The number of benzene rings is 2. The van der Waals surface area contributed by atoms with Crippen LogP contribution in [0.2, 0.25) is 5.02 Å². The third-order valence-corrected chi connectivity index (χ3v) is 6.16. The van der Waals surface area contributed by atoms with Crippen molar-refractivity contribution in [3.63, 3.8) is 0 Å². The molecule has 0 aliphatic carbocycles. The number of aryl methyl sites for hydroxylation is 1. The Bertz CT molecular complexity index is 1260. The first-order valence-corrected chi connectivity index (χ1v) is 11.1. The van der Waals surface area contributed by atoms with E-state index in [1.165, 1.54) is 4.90 Å². The summed E-state index contributed by atoms with van der Waals surface area (Å²) in [6, 6.07) is 15.2.